The first kappa shape index (κ1) is 29.7. The number of rotatable bonds is 2. The van der Waals surface area contributed by atoms with Gasteiger partial charge in [-0.25, -0.2) is 4.79 Å². The molecule has 0 spiro atoms. The molecule has 2 aromatic carbocycles. The van der Waals surface area contributed by atoms with Crippen LogP contribution in [-0.4, -0.2) is 41.3 Å². The second-order valence-corrected chi connectivity index (χ2v) is 8.31. The quantitative estimate of drug-likeness (QED) is 0.361. The van der Waals surface area contributed by atoms with Crippen molar-refractivity contribution in [2.45, 2.75) is 7.43 Å². The highest BCUT2D eigenvalue weighted by Gasteiger charge is 2.11. The molecule has 1 N–H and O–H groups in total. The summed E-state index contributed by atoms with van der Waals surface area (Å²) in [5.41, 5.74) is 0.643. The minimum absolute atomic E-state index is 0. The van der Waals surface area contributed by atoms with Crippen molar-refractivity contribution >= 4 is 90.1 Å². The van der Waals surface area contributed by atoms with E-state index in [1.54, 1.807) is 44.4 Å². The molecule has 156 valence electrons. The van der Waals surface area contributed by atoms with E-state index < -0.39 is 5.97 Å². The molecule has 1 amide bonds. The van der Waals surface area contributed by atoms with Crippen LogP contribution in [0.15, 0.2) is 45.3 Å². The monoisotopic (exact) mass is 595 g/mol. The van der Waals surface area contributed by atoms with Gasteiger partial charge in [0.25, 0.3) is 5.91 Å². The highest BCUT2D eigenvalue weighted by Crippen LogP contribution is 2.22. The van der Waals surface area contributed by atoms with Gasteiger partial charge in [-0.3, -0.25) is 4.79 Å². The zero-order valence-corrected chi connectivity index (χ0v) is 20.3. The molecule has 2 aromatic rings. The van der Waals surface area contributed by atoms with Crippen LogP contribution in [0.4, 0.5) is 0 Å². The minimum atomic E-state index is -1.01. The number of carboxylic acids is 1. The largest absolute Gasteiger partial charge is 0.478 e. The predicted molar refractivity (Wildman–Crippen MR) is 127 cm³/mol. The predicted octanol–water partition coefficient (Wildman–Crippen LogP) is 7.66. The van der Waals surface area contributed by atoms with Crippen molar-refractivity contribution in [3.8, 4) is 0 Å². The van der Waals surface area contributed by atoms with Gasteiger partial charge in [0.2, 0.25) is 0 Å². The Bertz CT molecular complexity index is 789. The Morgan fingerprint density at radius 3 is 1.57 bits per heavy atom. The molecule has 0 aromatic heterocycles. The van der Waals surface area contributed by atoms with E-state index in [1.165, 1.54) is 11.0 Å². The molecule has 4 nitrogen and oxygen atoms in total. The molecule has 0 unspecified atom stereocenters. The van der Waals surface area contributed by atoms with Crippen LogP contribution in [0.1, 0.15) is 28.1 Å². The molecule has 0 saturated heterocycles. The van der Waals surface area contributed by atoms with E-state index in [-0.39, 0.29) is 29.3 Å². The number of halogens is 6. The van der Waals surface area contributed by atoms with E-state index in [2.05, 4.69) is 31.9 Å². The Morgan fingerprint density at radius 1 is 0.929 bits per heavy atom. The SMILES string of the molecule is C.CN(C)C(=O)c1ccc(Br)cc1Cl.ClCCl.O=C(O)c1ccc(Br)cc1Cl. The molecule has 0 aliphatic rings. The fraction of sp³-hybridized carbons (Fsp3) is 0.222. The summed E-state index contributed by atoms with van der Waals surface area (Å²) in [6.45, 7) is 0. The molecule has 0 bridgehead atoms. The molecule has 0 atom stereocenters. The number of hydrogen-bond donors (Lipinski definition) is 1. The summed E-state index contributed by atoms with van der Waals surface area (Å²) in [4.78, 5) is 23.4. The highest BCUT2D eigenvalue weighted by molar-refractivity contribution is 9.10. The van der Waals surface area contributed by atoms with E-state index in [0.29, 0.717) is 10.6 Å². The standard InChI is InChI=1S/C9H9BrClNO.C7H4BrClO2.CH2Cl2.CH4/c1-12(2)9(13)7-4-3-6(10)5-8(7)11;8-4-1-2-5(7(10)11)6(9)3-4;2-1-3;/h3-5H,1-2H3;1-3H,(H,10,11);1H2;1H4. The van der Waals surface area contributed by atoms with Crippen molar-refractivity contribution in [3.63, 3.8) is 0 Å². The van der Waals surface area contributed by atoms with Crippen LogP contribution in [0.5, 0.6) is 0 Å². The van der Waals surface area contributed by atoms with Gasteiger partial charge in [0.05, 0.1) is 26.5 Å². The number of benzene rings is 2. The van der Waals surface area contributed by atoms with Gasteiger partial charge in [-0.15, -0.1) is 23.2 Å². The van der Waals surface area contributed by atoms with Crippen molar-refractivity contribution in [2.24, 2.45) is 0 Å². The molecule has 10 heteroatoms. The Labute approximate surface area is 202 Å². The molecule has 28 heavy (non-hydrogen) atoms. The van der Waals surface area contributed by atoms with Crippen molar-refractivity contribution < 1.29 is 14.7 Å². The van der Waals surface area contributed by atoms with Crippen LogP contribution in [0.25, 0.3) is 0 Å². The van der Waals surface area contributed by atoms with Gasteiger partial charge >= 0.3 is 5.97 Å². The topological polar surface area (TPSA) is 57.6 Å². The second kappa shape index (κ2) is 15.4. The molecule has 0 saturated carbocycles. The van der Waals surface area contributed by atoms with Gasteiger partial charge in [0.1, 0.15) is 0 Å². The van der Waals surface area contributed by atoms with Crippen molar-refractivity contribution in [3.05, 3.63) is 66.5 Å². The lowest BCUT2D eigenvalue weighted by molar-refractivity contribution is 0.0696. The van der Waals surface area contributed by atoms with Crippen molar-refractivity contribution in [1.82, 2.24) is 4.90 Å². The summed E-state index contributed by atoms with van der Waals surface area (Å²) in [7, 11) is 3.39. The Balaban J connectivity index is 0. The number of amides is 1. The van der Waals surface area contributed by atoms with Crippen LogP contribution in [-0.2, 0) is 0 Å². The third kappa shape index (κ3) is 10.9. The maximum absolute atomic E-state index is 11.5. The smallest absolute Gasteiger partial charge is 0.337 e. The summed E-state index contributed by atoms with van der Waals surface area (Å²) >= 11 is 27.5. The Morgan fingerprint density at radius 2 is 1.29 bits per heavy atom. The molecule has 2 rings (SSSR count). The molecular weight excluding hydrogens is 580 g/mol. The number of nitrogens with zero attached hydrogens (tertiary/aromatic N) is 1. The first-order valence-electron chi connectivity index (χ1n) is 7.02. The minimum Gasteiger partial charge on any atom is -0.478 e. The van der Waals surface area contributed by atoms with Crippen molar-refractivity contribution in [2.75, 3.05) is 19.4 Å². The Hall–Kier alpha value is -0.500. The van der Waals surface area contributed by atoms with E-state index in [1.807, 2.05) is 0 Å². The maximum atomic E-state index is 11.5. The van der Waals surface area contributed by atoms with Gasteiger partial charge in [-0.05, 0) is 36.4 Å². The number of carbonyl (C=O) groups is 2. The number of alkyl halides is 2. The lowest BCUT2D eigenvalue weighted by Gasteiger charge is -2.11. The zero-order chi connectivity index (χ0) is 21.1. The van der Waals surface area contributed by atoms with Crippen LogP contribution >= 0.6 is 78.3 Å². The van der Waals surface area contributed by atoms with Crippen LogP contribution < -0.4 is 0 Å². The Kier molecular flexibility index (Phi) is 16.3. The van der Waals surface area contributed by atoms with E-state index in [4.69, 9.17) is 51.5 Å². The molecule has 0 fully saturated rings. The molecule has 0 aliphatic heterocycles. The number of aromatic carboxylic acids is 1. The first-order valence-corrected chi connectivity index (χ1v) is 10.4. The van der Waals surface area contributed by atoms with E-state index >= 15 is 0 Å². The summed E-state index contributed by atoms with van der Waals surface area (Å²) in [5, 5.41) is 9.46. The second-order valence-electron chi connectivity index (χ2n) is 4.85. The van der Waals surface area contributed by atoms with Crippen molar-refractivity contribution in [1.29, 1.82) is 0 Å². The molecule has 0 radical (unpaired) electrons. The summed E-state index contributed by atoms with van der Waals surface area (Å²) in [6, 6.07) is 9.84. The highest BCUT2D eigenvalue weighted by atomic mass is 79.9. The van der Waals surface area contributed by atoms with Crippen LogP contribution in [0.3, 0.4) is 0 Å². The average Bonchev–Trinajstić information content (AvgIpc) is 2.55. The van der Waals surface area contributed by atoms with Crippen LogP contribution in [0.2, 0.25) is 10.0 Å². The van der Waals surface area contributed by atoms with Gasteiger partial charge in [0, 0.05) is 23.0 Å². The number of carbonyl (C=O) groups excluding carboxylic acids is 1. The fourth-order valence-corrected chi connectivity index (χ4v) is 3.08. The summed E-state index contributed by atoms with van der Waals surface area (Å²) < 4.78 is 1.64. The first-order chi connectivity index (χ1) is 12.5. The van der Waals surface area contributed by atoms with Gasteiger partial charge in [-0.2, -0.15) is 0 Å². The maximum Gasteiger partial charge on any atom is 0.337 e. The summed E-state index contributed by atoms with van der Waals surface area (Å²) in [6.07, 6.45) is 0. The van der Waals surface area contributed by atoms with Gasteiger partial charge in [-0.1, -0.05) is 62.5 Å². The lowest BCUT2D eigenvalue weighted by atomic mass is 10.2. The molecule has 0 aliphatic carbocycles. The van der Waals surface area contributed by atoms with Gasteiger partial charge in [0.15, 0.2) is 0 Å². The summed E-state index contributed by atoms with van der Waals surface area (Å²) in [5.74, 6) is -1.10. The normalized spacial score (nSPS) is 9.00. The van der Waals surface area contributed by atoms with E-state index in [0.717, 1.165) is 8.95 Å². The molecular formula is C18H19Br2Cl4NO3. The van der Waals surface area contributed by atoms with Crippen LogP contribution in [0, 0.1) is 0 Å². The third-order valence-electron chi connectivity index (χ3n) is 2.73. The zero-order valence-electron chi connectivity index (χ0n) is 14.1. The fourth-order valence-electron chi connectivity index (χ4n) is 1.57. The molecule has 0 heterocycles. The van der Waals surface area contributed by atoms with E-state index in [9.17, 15) is 9.59 Å². The van der Waals surface area contributed by atoms with Gasteiger partial charge < -0.3 is 10.0 Å². The number of hydrogen-bond acceptors (Lipinski definition) is 2. The average molecular weight is 599 g/mol. The third-order valence-corrected chi connectivity index (χ3v) is 4.34. The lowest BCUT2D eigenvalue weighted by Crippen LogP contribution is -2.21. The number of carboxylic acid groups (broad SMARTS) is 1.